The van der Waals surface area contributed by atoms with Crippen molar-refractivity contribution in [2.75, 3.05) is 7.11 Å². The number of rotatable bonds is 6. The number of imidazole rings is 1. The number of hydrogen-bond donors (Lipinski definition) is 1. The summed E-state index contributed by atoms with van der Waals surface area (Å²) < 4.78 is 7.65. The summed E-state index contributed by atoms with van der Waals surface area (Å²) in [5, 5.41) is 3.44. The van der Waals surface area contributed by atoms with Crippen molar-refractivity contribution < 1.29 is 4.74 Å². The molecule has 0 saturated carbocycles. The Morgan fingerprint density at radius 2 is 2.05 bits per heavy atom. The first-order valence-electron chi connectivity index (χ1n) is 6.98. The third-order valence-corrected chi connectivity index (χ3v) is 3.35. The fraction of sp³-hybridized carbons (Fsp3) is 0.438. The minimum absolute atomic E-state index is 0.463. The molecule has 1 N–H and O–H groups in total. The zero-order chi connectivity index (χ0) is 14.5. The zero-order valence-corrected chi connectivity index (χ0v) is 12.7. The van der Waals surface area contributed by atoms with Crippen LogP contribution in [0.5, 0.6) is 5.75 Å². The topological polar surface area (TPSA) is 39.1 Å². The first-order valence-corrected chi connectivity index (χ1v) is 6.98. The minimum Gasteiger partial charge on any atom is -0.496 e. The zero-order valence-electron chi connectivity index (χ0n) is 12.7. The summed E-state index contributed by atoms with van der Waals surface area (Å²) in [5.41, 5.74) is 2.36. The smallest absolute Gasteiger partial charge is 0.123 e. The van der Waals surface area contributed by atoms with Crippen LogP contribution in [0, 0.1) is 6.92 Å². The van der Waals surface area contributed by atoms with Gasteiger partial charge >= 0.3 is 0 Å². The van der Waals surface area contributed by atoms with Crippen molar-refractivity contribution >= 4 is 0 Å². The molecule has 108 valence electrons. The van der Waals surface area contributed by atoms with E-state index in [1.165, 1.54) is 11.3 Å². The fourth-order valence-corrected chi connectivity index (χ4v) is 2.18. The van der Waals surface area contributed by atoms with Crippen molar-refractivity contribution in [2.24, 2.45) is 0 Å². The monoisotopic (exact) mass is 273 g/mol. The molecule has 0 atom stereocenters. The maximum absolute atomic E-state index is 5.42. The average Bonchev–Trinajstić information content (AvgIpc) is 2.78. The molecule has 4 heteroatoms. The van der Waals surface area contributed by atoms with Gasteiger partial charge in [-0.1, -0.05) is 32.0 Å². The van der Waals surface area contributed by atoms with Crippen molar-refractivity contribution in [3.05, 3.63) is 47.5 Å². The lowest BCUT2D eigenvalue weighted by atomic mass is 10.2. The van der Waals surface area contributed by atoms with Gasteiger partial charge in [0.05, 0.1) is 19.3 Å². The third-order valence-electron chi connectivity index (χ3n) is 3.35. The van der Waals surface area contributed by atoms with Crippen molar-refractivity contribution in [1.29, 1.82) is 0 Å². The highest BCUT2D eigenvalue weighted by atomic mass is 16.5. The van der Waals surface area contributed by atoms with Crippen LogP contribution >= 0.6 is 0 Å². The summed E-state index contributed by atoms with van der Waals surface area (Å²) >= 11 is 0. The van der Waals surface area contributed by atoms with Gasteiger partial charge in [-0.25, -0.2) is 4.98 Å². The molecule has 2 aromatic rings. The summed E-state index contributed by atoms with van der Waals surface area (Å²) in [7, 11) is 1.71. The van der Waals surface area contributed by atoms with E-state index in [1.54, 1.807) is 7.11 Å². The summed E-state index contributed by atoms with van der Waals surface area (Å²) in [4.78, 5) is 4.43. The summed E-state index contributed by atoms with van der Waals surface area (Å²) in [5.74, 6) is 1.94. The van der Waals surface area contributed by atoms with Crippen LogP contribution in [0.3, 0.4) is 0 Å². The first kappa shape index (κ1) is 14.6. The van der Waals surface area contributed by atoms with E-state index in [-0.39, 0.29) is 0 Å². The number of aryl methyl sites for hydroxylation is 1. The Kier molecular flexibility index (Phi) is 4.79. The average molecular weight is 273 g/mol. The van der Waals surface area contributed by atoms with Crippen LogP contribution in [0.1, 0.15) is 30.9 Å². The highest BCUT2D eigenvalue weighted by molar-refractivity contribution is 5.33. The van der Waals surface area contributed by atoms with Gasteiger partial charge in [0, 0.05) is 24.3 Å². The number of benzene rings is 1. The van der Waals surface area contributed by atoms with Crippen LogP contribution in [0.2, 0.25) is 0 Å². The molecule has 2 rings (SSSR count). The maximum atomic E-state index is 5.42. The number of aromatic nitrogens is 2. The second-order valence-electron chi connectivity index (χ2n) is 5.23. The van der Waals surface area contributed by atoms with Gasteiger partial charge in [-0.15, -0.1) is 0 Å². The molecule has 1 heterocycles. The van der Waals surface area contributed by atoms with E-state index in [0.29, 0.717) is 6.04 Å². The van der Waals surface area contributed by atoms with Gasteiger partial charge in [-0.3, -0.25) is 0 Å². The molecule has 1 aromatic carbocycles. The van der Waals surface area contributed by atoms with Crippen molar-refractivity contribution in [2.45, 2.75) is 39.9 Å². The van der Waals surface area contributed by atoms with Crippen molar-refractivity contribution in [3.63, 3.8) is 0 Å². The predicted molar refractivity (Wildman–Crippen MR) is 81.0 cm³/mol. The highest BCUT2D eigenvalue weighted by Crippen LogP contribution is 2.20. The molecular weight excluding hydrogens is 250 g/mol. The molecule has 0 fully saturated rings. The lowest BCUT2D eigenvalue weighted by molar-refractivity contribution is 0.407. The third kappa shape index (κ3) is 3.39. The van der Waals surface area contributed by atoms with E-state index in [9.17, 15) is 0 Å². The van der Waals surface area contributed by atoms with Crippen LogP contribution in [0.25, 0.3) is 0 Å². The summed E-state index contributed by atoms with van der Waals surface area (Å²) in [6.07, 6.45) is 1.94. The number of methoxy groups -OCH3 is 1. The second kappa shape index (κ2) is 6.57. The molecule has 4 nitrogen and oxygen atoms in total. The van der Waals surface area contributed by atoms with E-state index in [1.807, 2.05) is 31.3 Å². The van der Waals surface area contributed by atoms with Gasteiger partial charge in [0.15, 0.2) is 0 Å². The highest BCUT2D eigenvalue weighted by Gasteiger charge is 2.10. The summed E-state index contributed by atoms with van der Waals surface area (Å²) in [6, 6.07) is 8.58. The van der Waals surface area contributed by atoms with Crippen molar-refractivity contribution in [1.82, 2.24) is 14.9 Å². The normalized spacial score (nSPS) is 11.1. The van der Waals surface area contributed by atoms with Gasteiger partial charge in [0.1, 0.15) is 11.6 Å². The van der Waals surface area contributed by atoms with Gasteiger partial charge in [-0.05, 0) is 13.0 Å². The van der Waals surface area contributed by atoms with Gasteiger partial charge in [0.25, 0.3) is 0 Å². The van der Waals surface area contributed by atoms with E-state index in [2.05, 4.69) is 34.8 Å². The molecule has 0 unspecified atom stereocenters. The van der Waals surface area contributed by atoms with Crippen LogP contribution in [-0.2, 0) is 13.1 Å². The number of hydrogen-bond acceptors (Lipinski definition) is 3. The second-order valence-corrected chi connectivity index (χ2v) is 5.23. The standard InChI is InChI=1S/C16H23N3O/c1-12(2)17-9-15-10-18-13(3)19(15)11-14-7-5-6-8-16(14)20-4/h5-8,10,12,17H,9,11H2,1-4H3. The number of nitrogens with one attached hydrogen (secondary N) is 1. The molecular formula is C16H23N3O. The number of ether oxygens (including phenoxy) is 1. The van der Waals surface area contributed by atoms with Gasteiger partial charge in [-0.2, -0.15) is 0 Å². The van der Waals surface area contributed by atoms with Crippen LogP contribution in [-0.4, -0.2) is 22.7 Å². The Balaban J connectivity index is 2.22. The molecule has 20 heavy (non-hydrogen) atoms. The molecule has 0 amide bonds. The Bertz CT molecular complexity index is 561. The largest absolute Gasteiger partial charge is 0.496 e. The number of para-hydroxylation sites is 1. The van der Waals surface area contributed by atoms with E-state index >= 15 is 0 Å². The van der Waals surface area contributed by atoms with Crippen LogP contribution < -0.4 is 10.1 Å². The molecule has 1 aromatic heterocycles. The predicted octanol–water partition coefficient (Wildman–Crippen LogP) is 2.75. The SMILES string of the molecule is COc1ccccc1Cn1c(CNC(C)C)cnc1C. The molecule has 0 bridgehead atoms. The molecule has 0 aliphatic rings. The Morgan fingerprint density at radius 3 is 2.75 bits per heavy atom. The van der Waals surface area contributed by atoms with Crippen molar-refractivity contribution in [3.8, 4) is 5.75 Å². The maximum Gasteiger partial charge on any atom is 0.123 e. The lowest BCUT2D eigenvalue weighted by Gasteiger charge is -2.14. The molecule has 0 aliphatic heterocycles. The molecule has 0 aliphatic carbocycles. The van der Waals surface area contributed by atoms with Crippen LogP contribution in [0.15, 0.2) is 30.5 Å². The lowest BCUT2D eigenvalue weighted by Crippen LogP contribution is -2.23. The van der Waals surface area contributed by atoms with Crippen LogP contribution in [0.4, 0.5) is 0 Å². The van der Waals surface area contributed by atoms with E-state index < -0.39 is 0 Å². The fourth-order valence-electron chi connectivity index (χ4n) is 2.18. The Morgan fingerprint density at radius 1 is 1.30 bits per heavy atom. The van der Waals surface area contributed by atoms with E-state index in [4.69, 9.17) is 4.74 Å². The molecule has 0 radical (unpaired) electrons. The van der Waals surface area contributed by atoms with Gasteiger partial charge < -0.3 is 14.6 Å². The minimum atomic E-state index is 0.463. The van der Waals surface area contributed by atoms with Gasteiger partial charge in [0.2, 0.25) is 0 Å². The van der Waals surface area contributed by atoms with E-state index in [0.717, 1.165) is 24.7 Å². The summed E-state index contributed by atoms with van der Waals surface area (Å²) in [6.45, 7) is 7.94. The number of nitrogens with zero attached hydrogens (tertiary/aromatic N) is 2. The molecule has 0 saturated heterocycles. The first-order chi connectivity index (χ1) is 9.61. The Hall–Kier alpha value is -1.81. The quantitative estimate of drug-likeness (QED) is 0.879. The molecule has 0 spiro atoms. The Labute approximate surface area is 120 Å².